The van der Waals surface area contributed by atoms with Gasteiger partial charge in [0.05, 0.1) is 0 Å². The van der Waals surface area contributed by atoms with Crippen molar-refractivity contribution in [3.05, 3.63) is 12.3 Å². The second-order valence-electron chi connectivity index (χ2n) is 3.55. The van der Waals surface area contributed by atoms with E-state index in [2.05, 4.69) is 23.7 Å². The number of rotatable bonds is 3. The Kier molecular flexibility index (Phi) is 7.58. The number of nitrogens with one attached hydrogen (secondary N) is 1. The predicted octanol–water partition coefficient (Wildman–Crippen LogP) is 2.62. The van der Waals surface area contributed by atoms with Crippen LogP contribution in [0.1, 0.15) is 40.0 Å². The molecule has 1 fully saturated rings. The largest absolute Gasteiger partial charge is 0.374 e. The van der Waals surface area contributed by atoms with Crippen LogP contribution in [0.2, 0.25) is 0 Å². The van der Waals surface area contributed by atoms with Crippen LogP contribution in [0.5, 0.6) is 0 Å². The summed E-state index contributed by atoms with van der Waals surface area (Å²) in [7, 11) is 1.99. The molecule has 0 aromatic rings. The molecule has 0 radical (unpaired) electrons. The van der Waals surface area contributed by atoms with Gasteiger partial charge in [-0.05, 0) is 33.2 Å². The molecule has 1 aliphatic heterocycles. The molecule has 0 bridgehead atoms. The molecule has 1 unspecified atom stereocenters. The Morgan fingerprint density at radius 1 is 1.21 bits per heavy atom. The first kappa shape index (κ1) is 13.5. The molecule has 1 rings (SSSR count). The fraction of sp³-hybridized carbons (Fsp3) is 0.833. The highest BCUT2D eigenvalue weighted by Gasteiger charge is 2.14. The first-order valence-corrected chi connectivity index (χ1v) is 5.86. The van der Waals surface area contributed by atoms with E-state index in [1.54, 1.807) is 0 Å². The zero-order valence-electron chi connectivity index (χ0n) is 10.3. The third-order valence-corrected chi connectivity index (χ3v) is 2.70. The molecule has 0 aromatic heterocycles. The topological polar surface area (TPSA) is 15.3 Å². The van der Waals surface area contributed by atoms with Gasteiger partial charge in [0.15, 0.2) is 0 Å². The summed E-state index contributed by atoms with van der Waals surface area (Å²) in [6.45, 7) is 12.7. The SMILES string of the molecule is C=C(C(C)NC)N1CCCCC1.CC. The Morgan fingerprint density at radius 3 is 2.14 bits per heavy atom. The van der Waals surface area contributed by atoms with E-state index in [4.69, 9.17) is 0 Å². The van der Waals surface area contributed by atoms with Crippen molar-refractivity contribution in [1.82, 2.24) is 10.2 Å². The van der Waals surface area contributed by atoms with Gasteiger partial charge < -0.3 is 10.2 Å². The van der Waals surface area contributed by atoms with Crippen molar-refractivity contribution in [2.24, 2.45) is 0 Å². The number of nitrogens with zero attached hydrogens (tertiary/aromatic N) is 1. The molecule has 1 atom stereocenters. The number of piperidine rings is 1. The minimum Gasteiger partial charge on any atom is -0.374 e. The van der Waals surface area contributed by atoms with E-state index in [0.29, 0.717) is 6.04 Å². The van der Waals surface area contributed by atoms with Crippen molar-refractivity contribution in [3.8, 4) is 0 Å². The molecule has 1 aliphatic rings. The van der Waals surface area contributed by atoms with Crippen molar-refractivity contribution in [2.75, 3.05) is 20.1 Å². The fourth-order valence-electron chi connectivity index (χ4n) is 1.62. The molecular formula is C12H26N2. The molecule has 0 saturated carbocycles. The summed E-state index contributed by atoms with van der Waals surface area (Å²) in [5, 5.41) is 3.22. The van der Waals surface area contributed by atoms with E-state index >= 15 is 0 Å². The minimum atomic E-state index is 0.420. The average molecular weight is 198 g/mol. The van der Waals surface area contributed by atoms with Crippen LogP contribution in [0.3, 0.4) is 0 Å². The van der Waals surface area contributed by atoms with Crippen molar-refractivity contribution >= 4 is 0 Å². The van der Waals surface area contributed by atoms with E-state index in [0.717, 1.165) is 0 Å². The maximum absolute atomic E-state index is 4.11. The lowest BCUT2D eigenvalue weighted by Crippen LogP contribution is -2.37. The smallest absolute Gasteiger partial charge is 0.0434 e. The molecule has 2 nitrogen and oxygen atoms in total. The minimum absolute atomic E-state index is 0.420. The lowest BCUT2D eigenvalue weighted by molar-refractivity contribution is 0.267. The van der Waals surface area contributed by atoms with Gasteiger partial charge in [-0.2, -0.15) is 0 Å². The van der Waals surface area contributed by atoms with Gasteiger partial charge in [-0.25, -0.2) is 0 Å². The average Bonchev–Trinajstić information content (AvgIpc) is 2.31. The summed E-state index contributed by atoms with van der Waals surface area (Å²) >= 11 is 0. The highest BCUT2D eigenvalue weighted by molar-refractivity contribution is 5.03. The molecule has 14 heavy (non-hydrogen) atoms. The van der Waals surface area contributed by atoms with Crippen molar-refractivity contribution in [3.63, 3.8) is 0 Å². The van der Waals surface area contributed by atoms with Gasteiger partial charge in [0.1, 0.15) is 0 Å². The van der Waals surface area contributed by atoms with Crippen LogP contribution in [0.15, 0.2) is 12.3 Å². The van der Waals surface area contributed by atoms with E-state index in [1.807, 2.05) is 20.9 Å². The molecule has 0 spiro atoms. The molecule has 1 saturated heterocycles. The Hall–Kier alpha value is -0.500. The van der Waals surface area contributed by atoms with Crippen molar-refractivity contribution in [2.45, 2.75) is 46.1 Å². The number of likely N-dealkylation sites (N-methyl/N-ethyl adjacent to an activating group) is 1. The molecule has 84 valence electrons. The lowest BCUT2D eigenvalue weighted by Gasteiger charge is -2.33. The van der Waals surface area contributed by atoms with Gasteiger partial charge in [-0.1, -0.05) is 20.4 Å². The third kappa shape index (κ3) is 4.14. The van der Waals surface area contributed by atoms with Crippen LogP contribution in [0.4, 0.5) is 0 Å². The quantitative estimate of drug-likeness (QED) is 0.750. The molecular weight excluding hydrogens is 172 g/mol. The van der Waals surface area contributed by atoms with E-state index < -0.39 is 0 Å². The molecule has 0 amide bonds. The fourth-order valence-corrected chi connectivity index (χ4v) is 1.62. The lowest BCUT2D eigenvalue weighted by atomic mass is 10.1. The second-order valence-corrected chi connectivity index (χ2v) is 3.55. The zero-order chi connectivity index (χ0) is 11.0. The summed E-state index contributed by atoms with van der Waals surface area (Å²) in [5.41, 5.74) is 1.25. The Bertz CT molecular complexity index is 148. The second kappa shape index (κ2) is 7.86. The maximum Gasteiger partial charge on any atom is 0.0434 e. The van der Waals surface area contributed by atoms with Crippen LogP contribution in [-0.2, 0) is 0 Å². The zero-order valence-corrected chi connectivity index (χ0v) is 10.3. The van der Waals surface area contributed by atoms with Crippen LogP contribution in [-0.4, -0.2) is 31.1 Å². The van der Waals surface area contributed by atoms with Gasteiger partial charge in [0.2, 0.25) is 0 Å². The first-order valence-electron chi connectivity index (χ1n) is 5.86. The Morgan fingerprint density at radius 2 is 1.71 bits per heavy atom. The van der Waals surface area contributed by atoms with Crippen LogP contribution >= 0.6 is 0 Å². The van der Waals surface area contributed by atoms with Crippen LogP contribution in [0, 0.1) is 0 Å². The van der Waals surface area contributed by atoms with E-state index in [1.165, 1.54) is 38.0 Å². The summed E-state index contributed by atoms with van der Waals surface area (Å²) in [4.78, 5) is 2.41. The normalized spacial score (nSPS) is 18.1. The third-order valence-electron chi connectivity index (χ3n) is 2.70. The summed E-state index contributed by atoms with van der Waals surface area (Å²) in [5.74, 6) is 0. The highest BCUT2D eigenvalue weighted by Crippen LogP contribution is 2.15. The molecule has 2 heteroatoms. The first-order chi connectivity index (χ1) is 6.75. The molecule has 1 N–H and O–H groups in total. The van der Waals surface area contributed by atoms with Gasteiger partial charge in [-0.15, -0.1) is 0 Å². The Labute approximate surface area is 89.4 Å². The number of hydrogen-bond donors (Lipinski definition) is 1. The van der Waals surface area contributed by atoms with E-state index in [9.17, 15) is 0 Å². The summed E-state index contributed by atoms with van der Waals surface area (Å²) < 4.78 is 0. The molecule has 1 heterocycles. The maximum atomic E-state index is 4.11. The highest BCUT2D eigenvalue weighted by atomic mass is 15.2. The van der Waals surface area contributed by atoms with Gasteiger partial charge in [-0.3, -0.25) is 0 Å². The van der Waals surface area contributed by atoms with Gasteiger partial charge in [0, 0.05) is 24.8 Å². The molecule has 0 aromatic carbocycles. The predicted molar refractivity (Wildman–Crippen MR) is 64.4 cm³/mol. The summed E-state index contributed by atoms with van der Waals surface area (Å²) in [6.07, 6.45) is 4.04. The van der Waals surface area contributed by atoms with E-state index in [-0.39, 0.29) is 0 Å². The summed E-state index contributed by atoms with van der Waals surface area (Å²) in [6, 6.07) is 0.420. The number of likely N-dealkylation sites (tertiary alicyclic amines) is 1. The Balaban J connectivity index is 0.000000791. The molecule has 0 aliphatic carbocycles. The van der Waals surface area contributed by atoms with Gasteiger partial charge in [0.25, 0.3) is 0 Å². The van der Waals surface area contributed by atoms with Gasteiger partial charge >= 0.3 is 0 Å². The van der Waals surface area contributed by atoms with Crippen molar-refractivity contribution < 1.29 is 0 Å². The monoisotopic (exact) mass is 198 g/mol. The van der Waals surface area contributed by atoms with Crippen LogP contribution < -0.4 is 5.32 Å². The number of hydrogen-bond acceptors (Lipinski definition) is 2. The van der Waals surface area contributed by atoms with Crippen molar-refractivity contribution in [1.29, 1.82) is 0 Å². The van der Waals surface area contributed by atoms with Crippen LogP contribution in [0.25, 0.3) is 0 Å². The standard InChI is InChI=1S/C10H20N2.C2H6/c1-9(11-3)10(2)12-7-5-4-6-8-12;1-2/h9,11H,2,4-8H2,1,3H3;1-2H3.